The SMILES string of the molecule is Cc1cc2c([nH]1)=CC(Cl)=CCC=2. The highest BCUT2D eigenvalue weighted by Gasteiger charge is 1.95. The molecule has 1 heterocycles. The Morgan fingerprint density at radius 2 is 2.25 bits per heavy atom. The van der Waals surface area contributed by atoms with Crippen molar-refractivity contribution in [3.63, 3.8) is 0 Å². The molecule has 2 heteroatoms. The number of aryl methyl sites for hydroxylation is 1. The first-order valence-electron chi connectivity index (χ1n) is 3.99. The molecule has 1 nitrogen and oxygen atoms in total. The summed E-state index contributed by atoms with van der Waals surface area (Å²) in [5.41, 5.74) is 1.18. The van der Waals surface area contributed by atoms with Crippen molar-refractivity contribution in [2.75, 3.05) is 0 Å². The highest BCUT2D eigenvalue weighted by atomic mass is 35.5. The fourth-order valence-corrected chi connectivity index (χ4v) is 1.61. The van der Waals surface area contributed by atoms with E-state index >= 15 is 0 Å². The van der Waals surface area contributed by atoms with Crippen LogP contribution in [-0.2, 0) is 0 Å². The van der Waals surface area contributed by atoms with Crippen molar-refractivity contribution in [2.45, 2.75) is 13.3 Å². The van der Waals surface area contributed by atoms with E-state index in [4.69, 9.17) is 11.6 Å². The summed E-state index contributed by atoms with van der Waals surface area (Å²) in [7, 11) is 0. The average Bonchev–Trinajstić information content (AvgIpc) is 2.23. The summed E-state index contributed by atoms with van der Waals surface area (Å²) in [6.07, 6.45) is 7.06. The fraction of sp³-hybridized carbons (Fsp3) is 0.200. The van der Waals surface area contributed by atoms with E-state index in [1.807, 2.05) is 19.1 Å². The zero-order chi connectivity index (χ0) is 8.55. The van der Waals surface area contributed by atoms with Crippen LogP contribution in [0.4, 0.5) is 0 Å². The van der Waals surface area contributed by atoms with Gasteiger partial charge < -0.3 is 4.98 Å². The van der Waals surface area contributed by atoms with Crippen LogP contribution in [0.15, 0.2) is 17.2 Å². The zero-order valence-corrected chi connectivity index (χ0v) is 7.65. The third-order valence-electron chi connectivity index (χ3n) is 1.95. The quantitative estimate of drug-likeness (QED) is 0.620. The summed E-state index contributed by atoms with van der Waals surface area (Å²) < 4.78 is 0. The second-order valence-corrected chi connectivity index (χ2v) is 3.43. The molecule has 0 spiro atoms. The van der Waals surface area contributed by atoms with Crippen molar-refractivity contribution in [1.29, 1.82) is 0 Å². The van der Waals surface area contributed by atoms with Gasteiger partial charge in [-0.15, -0.1) is 0 Å². The van der Waals surface area contributed by atoms with E-state index < -0.39 is 0 Å². The molecule has 0 unspecified atom stereocenters. The van der Waals surface area contributed by atoms with Gasteiger partial charge in [0.15, 0.2) is 0 Å². The fourth-order valence-electron chi connectivity index (χ4n) is 1.42. The highest BCUT2D eigenvalue weighted by Crippen LogP contribution is 2.05. The molecule has 0 aliphatic heterocycles. The van der Waals surface area contributed by atoms with E-state index in [0.29, 0.717) is 0 Å². The lowest BCUT2D eigenvalue weighted by Crippen LogP contribution is -2.21. The Balaban J connectivity index is 2.75. The minimum absolute atomic E-state index is 0.812. The molecule has 0 atom stereocenters. The number of hydrogen-bond donors (Lipinski definition) is 1. The minimum atomic E-state index is 0.812. The number of halogens is 1. The molecular weight excluding hydrogens is 170 g/mol. The van der Waals surface area contributed by atoms with Gasteiger partial charge in [-0.25, -0.2) is 0 Å². The summed E-state index contributed by atoms with van der Waals surface area (Å²) in [6, 6.07) is 2.13. The first-order chi connectivity index (χ1) is 5.75. The van der Waals surface area contributed by atoms with Gasteiger partial charge >= 0.3 is 0 Å². The summed E-state index contributed by atoms with van der Waals surface area (Å²) >= 11 is 5.92. The molecule has 1 aromatic rings. The maximum absolute atomic E-state index is 5.92. The lowest BCUT2D eigenvalue weighted by molar-refractivity contribution is 1.22. The Hall–Kier alpha value is -0.950. The van der Waals surface area contributed by atoms with Gasteiger partial charge in [-0.1, -0.05) is 23.8 Å². The lowest BCUT2D eigenvalue weighted by Gasteiger charge is -1.83. The van der Waals surface area contributed by atoms with E-state index in [9.17, 15) is 0 Å². The number of H-pyrrole nitrogens is 1. The zero-order valence-electron chi connectivity index (χ0n) is 6.89. The molecular formula is C10H10ClN. The van der Waals surface area contributed by atoms with Gasteiger partial charge in [0, 0.05) is 16.1 Å². The summed E-state index contributed by atoms with van der Waals surface area (Å²) in [5.74, 6) is 0. The Morgan fingerprint density at radius 1 is 1.42 bits per heavy atom. The van der Waals surface area contributed by atoms with E-state index in [1.165, 1.54) is 10.9 Å². The number of aromatic amines is 1. The van der Waals surface area contributed by atoms with Crippen LogP contribution in [0, 0.1) is 6.92 Å². The number of rotatable bonds is 0. The molecule has 0 amide bonds. The van der Waals surface area contributed by atoms with Crippen LogP contribution in [0.1, 0.15) is 12.1 Å². The Labute approximate surface area is 76.1 Å². The Morgan fingerprint density at radius 3 is 3.08 bits per heavy atom. The smallest absolute Gasteiger partial charge is 0.0467 e. The van der Waals surface area contributed by atoms with Gasteiger partial charge in [-0.3, -0.25) is 0 Å². The first-order valence-corrected chi connectivity index (χ1v) is 4.37. The van der Waals surface area contributed by atoms with Gasteiger partial charge in [0.2, 0.25) is 0 Å². The third-order valence-corrected chi connectivity index (χ3v) is 2.21. The second kappa shape index (κ2) is 2.83. The molecule has 0 aromatic carbocycles. The van der Waals surface area contributed by atoms with Crippen molar-refractivity contribution in [3.8, 4) is 0 Å². The van der Waals surface area contributed by atoms with Crippen LogP contribution < -0.4 is 10.6 Å². The minimum Gasteiger partial charge on any atom is -0.359 e. The second-order valence-electron chi connectivity index (χ2n) is 2.99. The van der Waals surface area contributed by atoms with Gasteiger partial charge in [0.25, 0.3) is 0 Å². The van der Waals surface area contributed by atoms with Crippen LogP contribution >= 0.6 is 11.6 Å². The summed E-state index contributed by atoms with van der Waals surface area (Å²) in [6.45, 7) is 2.05. The summed E-state index contributed by atoms with van der Waals surface area (Å²) in [4.78, 5) is 3.25. The maximum atomic E-state index is 5.92. The van der Waals surface area contributed by atoms with Gasteiger partial charge in [-0.05, 0) is 30.7 Å². The topological polar surface area (TPSA) is 15.8 Å². The number of aromatic nitrogens is 1. The highest BCUT2D eigenvalue weighted by molar-refractivity contribution is 6.34. The van der Waals surface area contributed by atoms with E-state index in [1.54, 1.807) is 0 Å². The average molecular weight is 180 g/mol. The molecule has 62 valence electrons. The van der Waals surface area contributed by atoms with Crippen LogP contribution in [0.25, 0.3) is 12.2 Å². The van der Waals surface area contributed by atoms with Crippen LogP contribution in [-0.4, -0.2) is 4.98 Å². The standard InChI is InChI=1S/C10H10ClN/c1-7-5-8-3-2-4-9(11)6-10(8)12-7/h3-6,12H,2H2,1H3. The van der Waals surface area contributed by atoms with Crippen molar-refractivity contribution in [3.05, 3.63) is 33.4 Å². The summed E-state index contributed by atoms with van der Waals surface area (Å²) in [5, 5.41) is 3.18. The van der Waals surface area contributed by atoms with Crippen molar-refractivity contribution in [1.82, 2.24) is 4.98 Å². The van der Waals surface area contributed by atoms with Crippen molar-refractivity contribution in [2.24, 2.45) is 0 Å². The van der Waals surface area contributed by atoms with E-state index in [-0.39, 0.29) is 0 Å². The molecule has 0 bridgehead atoms. The Bertz CT molecular complexity index is 437. The van der Waals surface area contributed by atoms with Crippen LogP contribution in [0.3, 0.4) is 0 Å². The molecule has 0 saturated heterocycles. The van der Waals surface area contributed by atoms with Crippen LogP contribution in [0.2, 0.25) is 0 Å². The normalized spacial score (nSPS) is 15.3. The van der Waals surface area contributed by atoms with E-state index in [0.717, 1.165) is 16.8 Å². The predicted octanol–water partition coefficient (Wildman–Crippen LogP) is 1.41. The molecule has 2 rings (SSSR count). The molecule has 1 aliphatic rings. The molecule has 1 N–H and O–H groups in total. The van der Waals surface area contributed by atoms with Crippen molar-refractivity contribution < 1.29 is 0 Å². The monoisotopic (exact) mass is 179 g/mol. The van der Waals surface area contributed by atoms with Gasteiger partial charge in [0.05, 0.1) is 0 Å². The predicted molar refractivity (Wildman–Crippen MR) is 52.3 cm³/mol. The molecule has 0 radical (unpaired) electrons. The number of nitrogens with one attached hydrogen (secondary N) is 1. The molecule has 1 aliphatic carbocycles. The molecule has 0 fully saturated rings. The maximum Gasteiger partial charge on any atom is 0.0467 e. The molecule has 1 aromatic heterocycles. The largest absolute Gasteiger partial charge is 0.359 e. The lowest BCUT2D eigenvalue weighted by atomic mass is 10.3. The van der Waals surface area contributed by atoms with Gasteiger partial charge in [0.1, 0.15) is 0 Å². The van der Waals surface area contributed by atoms with Gasteiger partial charge in [-0.2, -0.15) is 0 Å². The number of fused-ring (bicyclic) bond motifs is 1. The molecule has 12 heavy (non-hydrogen) atoms. The van der Waals surface area contributed by atoms with Crippen LogP contribution in [0.5, 0.6) is 0 Å². The van der Waals surface area contributed by atoms with Crippen molar-refractivity contribution >= 4 is 23.8 Å². The third kappa shape index (κ3) is 1.32. The Kier molecular flexibility index (Phi) is 1.81. The van der Waals surface area contributed by atoms with E-state index in [2.05, 4.69) is 17.1 Å². The first kappa shape index (κ1) is 7.69. The number of allylic oxidation sites excluding steroid dienone is 2. The molecule has 0 saturated carbocycles. The number of hydrogen-bond acceptors (Lipinski definition) is 0.